The number of methoxy groups -OCH3 is 2. The minimum absolute atomic E-state index is 0.274. The number of hydrogen-bond acceptors (Lipinski definition) is 5. The van der Waals surface area contributed by atoms with Gasteiger partial charge in [-0.15, -0.1) is 0 Å². The molecule has 0 unspecified atom stereocenters. The Morgan fingerprint density at radius 2 is 1.85 bits per heavy atom. The molecule has 2 N–H and O–H groups in total. The summed E-state index contributed by atoms with van der Waals surface area (Å²) in [6.07, 6.45) is 0. The van der Waals surface area contributed by atoms with Crippen LogP contribution in [0.4, 0.5) is 5.82 Å². The first-order valence-electron chi connectivity index (χ1n) is 6.42. The van der Waals surface area contributed by atoms with Crippen LogP contribution in [-0.2, 0) is 0 Å². The molecule has 0 bridgehead atoms. The summed E-state index contributed by atoms with van der Waals surface area (Å²) in [5.74, 6) is 2.51. The largest absolute Gasteiger partial charge is 0.493 e. The van der Waals surface area contributed by atoms with E-state index in [0.29, 0.717) is 23.1 Å². The Morgan fingerprint density at radius 3 is 2.45 bits per heavy atom. The van der Waals surface area contributed by atoms with Crippen molar-refractivity contribution in [3.8, 4) is 22.9 Å². The molecule has 20 heavy (non-hydrogen) atoms. The Kier molecular flexibility index (Phi) is 4.08. The zero-order valence-electron chi connectivity index (χ0n) is 12.2. The second-order valence-electron chi connectivity index (χ2n) is 4.74. The third kappa shape index (κ3) is 2.66. The van der Waals surface area contributed by atoms with Crippen LogP contribution in [0.2, 0.25) is 0 Å². The molecule has 2 rings (SSSR count). The Bertz CT molecular complexity index is 612. The average molecular weight is 273 g/mol. The van der Waals surface area contributed by atoms with Gasteiger partial charge in [-0.05, 0) is 18.1 Å². The van der Waals surface area contributed by atoms with Crippen LogP contribution in [-0.4, -0.2) is 24.2 Å². The van der Waals surface area contributed by atoms with Gasteiger partial charge in [-0.2, -0.15) is 0 Å². The summed E-state index contributed by atoms with van der Waals surface area (Å²) in [6.45, 7) is 4.13. The summed E-state index contributed by atoms with van der Waals surface area (Å²) < 4.78 is 10.7. The molecule has 1 heterocycles. The molecule has 0 radical (unpaired) electrons. The van der Waals surface area contributed by atoms with E-state index in [2.05, 4.69) is 23.8 Å². The van der Waals surface area contributed by atoms with E-state index in [4.69, 9.17) is 15.2 Å². The summed E-state index contributed by atoms with van der Waals surface area (Å²) >= 11 is 0. The van der Waals surface area contributed by atoms with Crippen molar-refractivity contribution in [3.05, 3.63) is 30.0 Å². The van der Waals surface area contributed by atoms with E-state index in [1.54, 1.807) is 20.3 Å². The maximum Gasteiger partial charge on any atom is 0.171 e. The van der Waals surface area contributed by atoms with Gasteiger partial charge in [-0.3, -0.25) is 0 Å². The quantitative estimate of drug-likeness (QED) is 0.927. The lowest BCUT2D eigenvalue weighted by Crippen LogP contribution is -2.03. The van der Waals surface area contributed by atoms with Crippen LogP contribution < -0.4 is 15.2 Å². The molecule has 0 saturated heterocycles. The van der Waals surface area contributed by atoms with E-state index in [1.807, 2.05) is 18.2 Å². The minimum Gasteiger partial charge on any atom is -0.493 e. The fourth-order valence-electron chi connectivity index (χ4n) is 1.97. The van der Waals surface area contributed by atoms with Crippen LogP contribution in [0.25, 0.3) is 11.4 Å². The molecular weight excluding hydrogens is 254 g/mol. The van der Waals surface area contributed by atoms with E-state index in [-0.39, 0.29) is 5.92 Å². The van der Waals surface area contributed by atoms with Gasteiger partial charge < -0.3 is 15.2 Å². The zero-order valence-corrected chi connectivity index (χ0v) is 12.2. The number of para-hydroxylation sites is 1. The molecule has 1 aromatic carbocycles. The second-order valence-corrected chi connectivity index (χ2v) is 4.74. The van der Waals surface area contributed by atoms with Gasteiger partial charge in [0.1, 0.15) is 5.82 Å². The van der Waals surface area contributed by atoms with Crippen molar-refractivity contribution in [1.82, 2.24) is 9.97 Å². The number of anilines is 1. The monoisotopic (exact) mass is 273 g/mol. The molecule has 0 fully saturated rings. The number of hydrogen-bond donors (Lipinski definition) is 1. The molecule has 0 spiro atoms. The molecule has 5 heteroatoms. The zero-order chi connectivity index (χ0) is 14.7. The Labute approximate surface area is 118 Å². The summed E-state index contributed by atoms with van der Waals surface area (Å²) in [5, 5.41) is 0. The van der Waals surface area contributed by atoms with Gasteiger partial charge >= 0.3 is 0 Å². The number of benzene rings is 1. The highest BCUT2D eigenvalue weighted by Crippen LogP contribution is 2.36. The topological polar surface area (TPSA) is 70.3 Å². The normalized spacial score (nSPS) is 10.7. The van der Waals surface area contributed by atoms with Gasteiger partial charge in [0, 0.05) is 11.8 Å². The molecule has 1 aromatic heterocycles. The summed E-state index contributed by atoms with van der Waals surface area (Å²) in [6, 6.07) is 7.39. The van der Waals surface area contributed by atoms with Crippen LogP contribution in [0.1, 0.15) is 25.5 Å². The number of nitrogens with two attached hydrogens (primary N) is 1. The maximum atomic E-state index is 5.87. The van der Waals surface area contributed by atoms with E-state index in [0.717, 1.165) is 11.3 Å². The molecule has 2 aromatic rings. The molecule has 0 amide bonds. The first kappa shape index (κ1) is 14.1. The summed E-state index contributed by atoms with van der Waals surface area (Å²) in [5.41, 5.74) is 7.54. The Morgan fingerprint density at radius 1 is 1.10 bits per heavy atom. The Balaban J connectivity index is 2.62. The maximum absolute atomic E-state index is 5.87. The number of aromatic nitrogens is 2. The van der Waals surface area contributed by atoms with E-state index >= 15 is 0 Å². The van der Waals surface area contributed by atoms with Crippen molar-refractivity contribution in [2.24, 2.45) is 0 Å². The standard InChI is InChI=1S/C15H19N3O2/c1-9(2)11-8-13(16)18-15(17-11)10-6-5-7-12(19-3)14(10)20-4/h5-9H,1-4H3,(H2,16,17,18). The fraction of sp³-hybridized carbons (Fsp3) is 0.333. The molecular formula is C15H19N3O2. The van der Waals surface area contributed by atoms with Gasteiger partial charge in [0.25, 0.3) is 0 Å². The molecule has 0 saturated carbocycles. The third-order valence-electron chi connectivity index (χ3n) is 3.00. The lowest BCUT2D eigenvalue weighted by molar-refractivity contribution is 0.356. The SMILES string of the molecule is COc1cccc(-c2nc(N)cc(C(C)C)n2)c1OC. The molecule has 0 aliphatic heterocycles. The Hall–Kier alpha value is -2.30. The van der Waals surface area contributed by atoms with E-state index in [1.165, 1.54) is 0 Å². The summed E-state index contributed by atoms with van der Waals surface area (Å²) in [4.78, 5) is 8.86. The molecule has 5 nitrogen and oxygen atoms in total. The molecule has 0 aliphatic rings. The van der Waals surface area contributed by atoms with Crippen molar-refractivity contribution in [1.29, 1.82) is 0 Å². The lowest BCUT2D eigenvalue weighted by atomic mass is 10.1. The number of rotatable bonds is 4. The molecule has 106 valence electrons. The van der Waals surface area contributed by atoms with Crippen LogP contribution in [0.15, 0.2) is 24.3 Å². The van der Waals surface area contributed by atoms with Crippen LogP contribution in [0.5, 0.6) is 11.5 Å². The highest BCUT2D eigenvalue weighted by molar-refractivity contribution is 5.69. The lowest BCUT2D eigenvalue weighted by Gasteiger charge is -2.13. The van der Waals surface area contributed by atoms with Gasteiger partial charge in [0.05, 0.1) is 19.8 Å². The highest BCUT2D eigenvalue weighted by atomic mass is 16.5. The number of nitrogen functional groups attached to an aromatic ring is 1. The van der Waals surface area contributed by atoms with E-state index < -0.39 is 0 Å². The van der Waals surface area contributed by atoms with Crippen molar-refractivity contribution in [2.45, 2.75) is 19.8 Å². The van der Waals surface area contributed by atoms with Gasteiger partial charge in [-0.1, -0.05) is 19.9 Å². The van der Waals surface area contributed by atoms with Gasteiger partial charge in [0.2, 0.25) is 0 Å². The smallest absolute Gasteiger partial charge is 0.171 e. The first-order valence-corrected chi connectivity index (χ1v) is 6.42. The minimum atomic E-state index is 0.274. The number of ether oxygens (including phenoxy) is 2. The predicted octanol–water partition coefficient (Wildman–Crippen LogP) is 2.87. The van der Waals surface area contributed by atoms with Crippen molar-refractivity contribution in [3.63, 3.8) is 0 Å². The molecule has 0 atom stereocenters. The predicted molar refractivity (Wildman–Crippen MR) is 79.1 cm³/mol. The van der Waals surface area contributed by atoms with Gasteiger partial charge in [0.15, 0.2) is 17.3 Å². The third-order valence-corrected chi connectivity index (χ3v) is 3.00. The first-order chi connectivity index (χ1) is 9.56. The van der Waals surface area contributed by atoms with Crippen LogP contribution >= 0.6 is 0 Å². The molecule has 0 aliphatic carbocycles. The fourth-order valence-corrected chi connectivity index (χ4v) is 1.97. The van der Waals surface area contributed by atoms with Crippen molar-refractivity contribution < 1.29 is 9.47 Å². The summed E-state index contributed by atoms with van der Waals surface area (Å²) in [7, 11) is 3.19. The van der Waals surface area contributed by atoms with Crippen LogP contribution in [0.3, 0.4) is 0 Å². The van der Waals surface area contributed by atoms with Crippen LogP contribution in [0, 0.1) is 0 Å². The average Bonchev–Trinajstić information content (AvgIpc) is 2.45. The van der Waals surface area contributed by atoms with Crippen molar-refractivity contribution >= 4 is 5.82 Å². The second kappa shape index (κ2) is 5.77. The van der Waals surface area contributed by atoms with Gasteiger partial charge in [-0.25, -0.2) is 9.97 Å². The van der Waals surface area contributed by atoms with E-state index in [9.17, 15) is 0 Å². The highest BCUT2D eigenvalue weighted by Gasteiger charge is 2.15. The number of nitrogens with zero attached hydrogens (tertiary/aromatic N) is 2. The van der Waals surface area contributed by atoms with Crippen molar-refractivity contribution in [2.75, 3.05) is 20.0 Å².